The van der Waals surface area contributed by atoms with E-state index in [9.17, 15) is 9.59 Å². The van der Waals surface area contributed by atoms with Crippen LogP contribution in [0, 0.1) is 20.8 Å². The zero-order chi connectivity index (χ0) is 24.1. The van der Waals surface area contributed by atoms with Crippen LogP contribution in [0.2, 0.25) is 0 Å². The second kappa shape index (κ2) is 10.4. The highest BCUT2D eigenvalue weighted by Gasteiger charge is 2.15. The molecule has 4 rings (SSSR count). The Morgan fingerprint density at radius 2 is 1.76 bits per heavy atom. The standard InChI is InChI=1S/C27H25N3O3S/c1-17-9-10-18(2)24(13-17)30-25(31)14-26-29-21(16-34-26)15-33-27(32)22-11-12-23(28-19(22)3)20-7-5-4-6-8-20/h4-13,16H,14-15H2,1-3H3,(H,30,31). The maximum absolute atomic E-state index is 12.6. The van der Waals surface area contributed by atoms with Gasteiger partial charge in [-0.3, -0.25) is 9.78 Å². The number of hydrogen-bond donors (Lipinski definition) is 1. The van der Waals surface area contributed by atoms with Crippen molar-refractivity contribution in [1.82, 2.24) is 9.97 Å². The summed E-state index contributed by atoms with van der Waals surface area (Å²) in [6, 6.07) is 19.3. The van der Waals surface area contributed by atoms with E-state index >= 15 is 0 Å². The lowest BCUT2D eigenvalue weighted by atomic mass is 10.1. The summed E-state index contributed by atoms with van der Waals surface area (Å²) >= 11 is 1.37. The number of nitrogens with one attached hydrogen (secondary N) is 1. The molecule has 7 heteroatoms. The minimum absolute atomic E-state index is 0.0355. The first-order chi connectivity index (χ1) is 16.4. The zero-order valence-corrected chi connectivity index (χ0v) is 20.1. The summed E-state index contributed by atoms with van der Waals surface area (Å²) in [5.41, 5.74) is 6.32. The highest BCUT2D eigenvalue weighted by atomic mass is 32.1. The van der Waals surface area contributed by atoms with Gasteiger partial charge in [0.1, 0.15) is 11.6 Å². The molecule has 0 aliphatic heterocycles. The lowest BCUT2D eigenvalue weighted by molar-refractivity contribution is -0.115. The number of ether oxygens (including phenoxy) is 1. The predicted octanol–water partition coefficient (Wildman–Crippen LogP) is 5.67. The Balaban J connectivity index is 1.33. The van der Waals surface area contributed by atoms with Gasteiger partial charge in [-0.2, -0.15) is 0 Å². The number of rotatable bonds is 7. The van der Waals surface area contributed by atoms with E-state index < -0.39 is 5.97 Å². The number of carbonyl (C=O) groups excluding carboxylic acids is 2. The van der Waals surface area contributed by atoms with E-state index in [4.69, 9.17) is 4.74 Å². The summed E-state index contributed by atoms with van der Waals surface area (Å²) in [4.78, 5) is 34.0. The Bertz CT molecular complexity index is 1330. The lowest BCUT2D eigenvalue weighted by Gasteiger charge is -2.08. The first-order valence-electron chi connectivity index (χ1n) is 10.9. The molecular weight excluding hydrogens is 446 g/mol. The molecule has 0 radical (unpaired) electrons. The van der Waals surface area contributed by atoms with Crippen LogP contribution in [0.3, 0.4) is 0 Å². The maximum Gasteiger partial charge on any atom is 0.340 e. The Morgan fingerprint density at radius 3 is 2.53 bits per heavy atom. The average molecular weight is 472 g/mol. The van der Waals surface area contributed by atoms with Crippen LogP contribution in [0.4, 0.5) is 5.69 Å². The fraction of sp³-hybridized carbons (Fsp3) is 0.185. The van der Waals surface area contributed by atoms with E-state index in [1.54, 1.807) is 18.4 Å². The van der Waals surface area contributed by atoms with E-state index in [0.29, 0.717) is 22.0 Å². The highest BCUT2D eigenvalue weighted by molar-refractivity contribution is 7.09. The monoisotopic (exact) mass is 471 g/mol. The molecule has 1 N–H and O–H groups in total. The van der Waals surface area contributed by atoms with Gasteiger partial charge in [-0.25, -0.2) is 9.78 Å². The quantitative estimate of drug-likeness (QED) is 0.351. The molecule has 172 valence electrons. The third kappa shape index (κ3) is 5.74. The minimum Gasteiger partial charge on any atom is -0.455 e. The largest absolute Gasteiger partial charge is 0.455 e. The molecule has 2 heterocycles. The highest BCUT2D eigenvalue weighted by Crippen LogP contribution is 2.20. The minimum atomic E-state index is -0.452. The molecule has 0 saturated heterocycles. The smallest absolute Gasteiger partial charge is 0.340 e. The van der Waals surface area contributed by atoms with Crippen molar-refractivity contribution in [2.24, 2.45) is 0 Å². The fourth-order valence-corrected chi connectivity index (χ4v) is 4.24. The van der Waals surface area contributed by atoms with E-state index in [1.807, 2.05) is 68.4 Å². The van der Waals surface area contributed by atoms with Crippen LogP contribution in [0.25, 0.3) is 11.3 Å². The molecule has 0 bridgehead atoms. The summed E-state index contributed by atoms with van der Waals surface area (Å²) in [5.74, 6) is -0.585. The van der Waals surface area contributed by atoms with Gasteiger partial charge in [0, 0.05) is 16.6 Å². The van der Waals surface area contributed by atoms with Crippen LogP contribution in [-0.4, -0.2) is 21.8 Å². The number of pyridine rings is 1. The number of benzene rings is 2. The van der Waals surface area contributed by atoms with Crippen LogP contribution in [-0.2, 0) is 22.6 Å². The lowest BCUT2D eigenvalue weighted by Crippen LogP contribution is -2.15. The van der Waals surface area contributed by atoms with Gasteiger partial charge in [-0.1, -0.05) is 42.5 Å². The Morgan fingerprint density at radius 1 is 0.971 bits per heavy atom. The van der Waals surface area contributed by atoms with Gasteiger partial charge in [0.25, 0.3) is 0 Å². The molecule has 1 amide bonds. The molecule has 0 aliphatic rings. The number of amides is 1. The average Bonchev–Trinajstić information content (AvgIpc) is 3.27. The predicted molar refractivity (Wildman–Crippen MR) is 134 cm³/mol. The maximum atomic E-state index is 12.6. The summed E-state index contributed by atoms with van der Waals surface area (Å²) < 4.78 is 5.45. The Labute approximate surface area is 202 Å². The van der Waals surface area contributed by atoms with E-state index in [-0.39, 0.29) is 18.9 Å². The van der Waals surface area contributed by atoms with E-state index in [0.717, 1.165) is 28.1 Å². The number of nitrogens with zero attached hydrogens (tertiary/aromatic N) is 2. The first kappa shape index (κ1) is 23.3. The van der Waals surface area contributed by atoms with Gasteiger partial charge in [0.2, 0.25) is 5.91 Å². The molecule has 2 aromatic heterocycles. The van der Waals surface area contributed by atoms with Crippen molar-refractivity contribution >= 4 is 28.9 Å². The molecule has 0 spiro atoms. The zero-order valence-electron chi connectivity index (χ0n) is 19.3. The fourth-order valence-electron chi connectivity index (χ4n) is 3.46. The third-order valence-electron chi connectivity index (χ3n) is 5.30. The van der Waals surface area contributed by atoms with Crippen LogP contribution < -0.4 is 5.32 Å². The van der Waals surface area contributed by atoms with Crippen molar-refractivity contribution in [3.63, 3.8) is 0 Å². The molecule has 34 heavy (non-hydrogen) atoms. The summed E-state index contributed by atoms with van der Waals surface area (Å²) in [7, 11) is 0. The van der Waals surface area contributed by atoms with Crippen molar-refractivity contribution in [3.05, 3.63) is 99.1 Å². The molecule has 0 atom stereocenters. The Kier molecular flexibility index (Phi) is 7.13. The Hall–Kier alpha value is -3.84. The topological polar surface area (TPSA) is 81.2 Å². The SMILES string of the molecule is Cc1ccc(C)c(NC(=O)Cc2nc(COC(=O)c3ccc(-c4ccccc4)nc3C)cs2)c1. The van der Waals surface area contributed by atoms with Gasteiger partial charge in [-0.05, 0) is 50.1 Å². The van der Waals surface area contributed by atoms with Crippen LogP contribution in [0.5, 0.6) is 0 Å². The summed E-state index contributed by atoms with van der Waals surface area (Å²) in [5, 5.41) is 5.41. The van der Waals surface area contributed by atoms with Crippen LogP contribution >= 0.6 is 11.3 Å². The second-order valence-corrected chi connectivity index (χ2v) is 8.99. The number of anilines is 1. The first-order valence-corrected chi connectivity index (χ1v) is 11.8. The van der Waals surface area contributed by atoms with Crippen molar-refractivity contribution in [1.29, 1.82) is 0 Å². The van der Waals surface area contributed by atoms with Crippen LogP contribution in [0.15, 0.2) is 66.0 Å². The summed E-state index contributed by atoms with van der Waals surface area (Å²) in [6.07, 6.45) is 0.163. The number of thiazole rings is 1. The molecule has 0 unspecified atom stereocenters. The van der Waals surface area contributed by atoms with E-state index in [2.05, 4.69) is 15.3 Å². The molecule has 2 aromatic carbocycles. The second-order valence-electron chi connectivity index (χ2n) is 8.05. The number of carbonyl (C=O) groups is 2. The van der Waals surface area contributed by atoms with Gasteiger partial charge < -0.3 is 10.1 Å². The van der Waals surface area contributed by atoms with Gasteiger partial charge in [0.15, 0.2) is 0 Å². The number of esters is 1. The molecule has 0 saturated carbocycles. The summed E-state index contributed by atoms with van der Waals surface area (Å²) in [6.45, 7) is 5.77. The molecule has 0 fully saturated rings. The van der Waals surface area contributed by atoms with Gasteiger partial charge in [0.05, 0.1) is 29.1 Å². The molecule has 6 nitrogen and oxygen atoms in total. The van der Waals surface area contributed by atoms with Gasteiger partial charge >= 0.3 is 5.97 Å². The van der Waals surface area contributed by atoms with Gasteiger partial charge in [-0.15, -0.1) is 11.3 Å². The molecular formula is C27H25N3O3S. The molecule has 0 aliphatic carbocycles. The molecule has 4 aromatic rings. The van der Waals surface area contributed by atoms with Crippen molar-refractivity contribution in [2.75, 3.05) is 5.32 Å². The van der Waals surface area contributed by atoms with E-state index in [1.165, 1.54) is 11.3 Å². The van der Waals surface area contributed by atoms with Crippen molar-refractivity contribution in [2.45, 2.75) is 33.8 Å². The third-order valence-corrected chi connectivity index (χ3v) is 6.20. The number of aryl methyl sites for hydroxylation is 3. The normalized spacial score (nSPS) is 10.7. The van der Waals surface area contributed by atoms with Crippen molar-refractivity contribution < 1.29 is 14.3 Å². The number of hydrogen-bond acceptors (Lipinski definition) is 6. The van der Waals surface area contributed by atoms with Crippen LogP contribution in [0.1, 0.15) is 37.9 Å². The number of aromatic nitrogens is 2. The van der Waals surface area contributed by atoms with Crippen molar-refractivity contribution in [3.8, 4) is 11.3 Å².